The molecule has 1 atom stereocenters. The van der Waals surface area contributed by atoms with Crippen LogP contribution >= 0.6 is 0 Å². The molecule has 202 valence electrons. The van der Waals surface area contributed by atoms with Gasteiger partial charge in [-0.1, -0.05) is 25.7 Å². The second-order valence-corrected chi connectivity index (χ2v) is 16.6. The first-order valence-corrected chi connectivity index (χ1v) is 16.5. The van der Waals surface area contributed by atoms with Crippen molar-refractivity contribution in [3.63, 3.8) is 0 Å². The lowest BCUT2D eigenvalue weighted by Gasteiger charge is -2.33. The molecule has 1 aromatic heterocycles. The summed E-state index contributed by atoms with van der Waals surface area (Å²) in [4.78, 5) is 6.74. The molecule has 0 unspecified atom stereocenters. The number of fused-ring (bicyclic) bond motifs is 3. The van der Waals surface area contributed by atoms with E-state index in [-0.39, 0.29) is 35.6 Å². The maximum Gasteiger partial charge on any atom is 0.144 e. The summed E-state index contributed by atoms with van der Waals surface area (Å²) in [5.41, 5.74) is 1.79. The van der Waals surface area contributed by atoms with Crippen LogP contribution in [0.3, 0.4) is 0 Å². The molecule has 1 saturated heterocycles. The summed E-state index contributed by atoms with van der Waals surface area (Å²) in [6, 6.07) is 10.1. The number of aryl methyl sites for hydroxylation is 1. The van der Waals surface area contributed by atoms with E-state index < -0.39 is 26.6 Å². The van der Waals surface area contributed by atoms with Crippen LogP contribution in [0.15, 0.2) is 41.4 Å². The minimum Gasteiger partial charge on any atom is -0.375 e. The highest BCUT2D eigenvalue weighted by atomic mass is 28.3. The molecule has 5 rings (SSSR count). The Morgan fingerprint density at radius 3 is 2.71 bits per heavy atom. The van der Waals surface area contributed by atoms with Crippen molar-refractivity contribution in [1.29, 1.82) is 0 Å². The topological polar surface area (TPSA) is 63.9 Å². The lowest BCUT2D eigenvalue weighted by molar-refractivity contribution is 0.0532. The van der Waals surface area contributed by atoms with Gasteiger partial charge < -0.3 is 19.7 Å². The molecule has 7 nitrogen and oxygen atoms in total. The predicted molar refractivity (Wildman–Crippen MR) is 150 cm³/mol. The number of aromatic nitrogens is 2. The van der Waals surface area contributed by atoms with Crippen LogP contribution in [-0.4, -0.2) is 56.1 Å². The van der Waals surface area contributed by atoms with E-state index >= 15 is 0 Å². The standard InChI is InChI=1S/C28H35F2N5O2Si/c1-18-16-34(11-12-37-18)20-9-10-24-21(15-20)27-26(19(2)33-35(27)17-36-13-14-38(3,4)5)32-28(31-24)25-22(29)7-6-8-23(25)30/h6-10,15,18H,11-14,16-17H2,1-5H3,(H,31,32)/t18-/m1/s1/i2D3. The van der Waals surface area contributed by atoms with Crippen LogP contribution in [0.25, 0.3) is 11.3 Å². The first kappa shape index (κ1) is 22.9. The van der Waals surface area contributed by atoms with Gasteiger partial charge in [0, 0.05) is 48.8 Å². The average Bonchev–Trinajstić information content (AvgIpc) is 3.16. The molecule has 0 saturated carbocycles. The molecule has 3 heterocycles. The van der Waals surface area contributed by atoms with E-state index in [1.54, 1.807) is 0 Å². The second-order valence-electron chi connectivity index (χ2n) is 10.9. The van der Waals surface area contributed by atoms with Gasteiger partial charge in [0.05, 0.1) is 29.7 Å². The Bertz CT molecular complexity index is 1450. The van der Waals surface area contributed by atoms with Crippen LogP contribution in [0.5, 0.6) is 0 Å². The van der Waals surface area contributed by atoms with Crippen molar-refractivity contribution in [2.75, 3.05) is 36.5 Å². The zero-order valence-electron chi connectivity index (χ0n) is 25.1. The van der Waals surface area contributed by atoms with Gasteiger partial charge in [-0.2, -0.15) is 5.10 Å². The van der Waals surface area contributed by atoms with Gasteiger partial charge in [0.25, 0.3) is 0 Å². The van der Waals surface area contributed by atoms with Crippen LogP contribution in [0.4, 0.5) is 25.8 Å². The van der Waals surface area contributed by atoms with Gasteiger partial charge in [-0.3, -0.25) is 0 Å². The quantitative estimate of drug-likeness (QED) is 0.285. The largest absolute Gasteiger partial charge is 0.375 e. The lowest BCUT2D eigenvalue weighted by atomic mass is 10.1. The zero-order valence-corrected chi connectivity index (χ0v) is 23.1. The van der Waals surface area contributed by atoms with E-state index in [0.717, 1.165) is 23.9 Å². The molecule has 38 heavy (non-hydrogen) atoms. The van der Waals surface area contributed by atoms with Crippen LogP contribution in [0.1, 0.15) is 22.3 Å². The Balaban J connectivity index is 1.69. The monoisotopic (exact) mass is 542 g/mol. The summed E-state index contributed by atoms with van der Waals surface area (Å²) in [7, 11) is -1.37. The Morgan fingerprint density at radius 1 is 1.21 bits per heavy atom. The number of rotatable bonds is 7. The van der Waals surface area contributed by atoms with Crippen molar-refractivity contribution in [3.05, 3.63) is 59.3 Å². The van der Waals surface area contributed by atoms with Crippen LogP contribution < -0.4 is 10.2 Å². The minimum absolute atomic E-state index is 0.0000614. The Hall–Kier alpha value is -3.08. The van der Waals surface area contributed by atoms with Gasteiger partial charge >= 0.3 is 0 Å². The molecule has 2 aliphatic rings. The van der Waals surface area contributed by atoms with Gasteiger partial charge in [0.2, 0.25) is 0 Å². The highest BCUT2D eigenvalue weighted by molar-refractivity contribution is 6.76. The third-order valence-corrected chi connectivity index (χ3v) is 8.38. The number of benzene rings is 2. The van der Waals surface area contributed by atoms with E-state index in [1.165, 1.54) is 10.7 Å². The number of morpholine rings is 1. The number of nitrogens with one attached hydrogen (secondary N) is 1. The summed E-state index contributed by atoms with van der Waals surface area (Å²) < 4.78 is 67.8. The van der Waals surface area contributed by atoms with Crippen LogP contribution in [0, 0.1) is 18.5 Å². The van der Waals surface area contributed by atoms with Gasteiger partial charge in [-0.15, -0.1) is 0 Å². The fourth-order valence-electron chi connectivity index (χ4n) is 4.64. The van der Waals surface area contributed by atoms with Crippen molar-refractivity contribution >= 4 is 31.0 Å². The van der Waals surface area contributed by atoms with E-state index in [0.29, 0.717) is 43.2 Å². The molecule has 3 aromatic rings. The maximum absolute atomic E-state index is 15.0. The molecule has 10 heteroatoms. The van der Waals surface area contributed by atoms with Crippen LogP contribution in [0.2, 0.25) is 25.7 Å². The Labute approximate surface area is 227 Å². The van der Waals surface area contributed by atoms with Gasteiger partial charge in [0.15, 0.2) is 0 Å². The SMILES string of the molecule is [2H]C([2H])([2H])c1nn(COCC[Si](C)(C)C)c2c1N=C(c1c(F)cccc1F)Nc1ccc(N3CCO[C@H](C)C3)cc1-2. The minimum atomic E-state index is -2.64. The van der Waals surface area contributed by atoms with Crippen molar-refractivity contribution in [2.24, 2.45) is 4.99 Å². The number of hydrogen-bond donors (Lipinski definition) is 1. The summed E-state index contributed by atoms with van der Waals surface area (Å²) >= 11 is 0. The Kier molecular flexibility index (Phi) is 6.37. The number of anilines is 2. The normalized spacial score (nSPS) is 18.9. The fraction of sp³-hybridized carbons (Fsp3) is 0.429. The van der Waals surface area contributed by atoms with E-state index in [4.69, 9.17) is 13.6 Å². The third kappa shape index (κ3) is 5.52. The smallest absolute Gasteiger partial charge is 0.144 e. The molecule has 0 bridgehead atoms. The molecule has 0 amide bonds. The lowest BCUT2D eigenvalue weighted by Crippen LogP contribution is -2.41. The molecular formula is C28H35F2N5O2Si. The first-order chi connectivity index (χ1) is 19.3. The molecule has 1 fully saturated rings. The summed E-state index contributed by atoms with van der Waals surface area (Å²) in [6.07, 6.45) is 0.0441. The van der Waals surface area contributed by atoms with Crippen molar-refractivity contribution in [2.45, 2.75) is 52.3 Å². The Morgan fingerprint density at radius 2 is 2.00 bits per heavy atom. The average molecular weight is 543 g/mol. The first-order valence-electron chi connectivity index (χ1n) is 14.3. The third-order valence-electron chi connectivity index (χ3n) is 6.68. The number of ether oxygens (including phenoxy) is 2. The zero-order chi connectivity index (χ0) is 29.5. The predicted octanol–water partition coefficient (Wildman–Crippen LogP) is 6.18. The van der Waals surface area contributed by atoms with Crippen molar-refractivity contribution in [1.82, 2.24) is 9.78 Å². The maximum atomic E-state index is 15.0. The van der Waals surface area contributed by atoms with Crippen molar-refractivity contribution < 1.29 is 22.4 Å². The molecule has 1 N–H and O–H groups in total. The number of aliphatic imine (C=N–C) groups is 1. The van der Waals surface area contributed by atoms with Gasteiger partial charge in [0.1, 0.15) is 29.9 Å². The number of amidine groups is 1. The van der Waals surface area contributed by atoms with E-state index in [1.807, 2.05) is 25.1 Å². The molecular weight excluding hydrogens is 504 g/mol. The molecule has 2 aromatic carbocycles. The fourth-order valence-corrected chi connectivity index (χ4v) is 5.40. The number of hydrogen-bond acceptors (Lipinski definition) is 6. The number of halogens is 2. The molecule has 0 spiro atoms. The molecule has 0 aliphatic carbocycles. The van der Waals surface area contributed by atoms with Crippen LogP contribution in [-0.2, 0) is 16.2 Å². The van der Waals surface area contributed by atoms with Gasteiger partial charge in [-0.05, 0) is 50.2 Å². The number of nitrogens with zero attached hydrogens (tertiary/aromatic N) is 4. The highest BCUT2D eigenvalue weighted by Crippen LogP contribution is 2.42. The summed E-state index contributed by atoms with van der Waals surface area (Å²) in [5.74, 6) is -1.78. The van der Waals surface area contributed by atoms with Crippen molar-refractivity contribution in [3.8, 4) is 11.3 Å². The van der Waals surface area contributed by atoms with E-state index in [9.17, 15) is 8.78 Å². The highest BCUT2D eigenvalue weighted by Gasteiger charge is 2.28. The summed E-state index contributed by atoms with van der Waals surface area (Å²) in [6.45, 7) is 8.55. The molecule has 2 aliphatic heterocycles. The summed E-state index contributed by atoms with van der Waals surface area (Å²) in [5, 5.41) is 7.54. The second kappa shape index (κ2) is 10.6. The van der Waals surface area contributed by atoms with Gasteiger partial charge in [-0.25, -0.2) is 18.5 Å². The molecule has 0 radical (unpaired) electrons. The van der Waals surface area contributed by atoms with E-state index in [2.05, 4.69) is 39.9 Å².